The molecule has 0 fully saturated rings. The molecule has 0 unspecified atom stereocenters. The minimum Gasteiger partial charge on any atom is -0.395 e. The van der Waals surface area contributed by atoms with Crippen LogP contribution in [0.5, 0.6) is 0 Å². The molecule has 0 aliphatic carbocycles. The molecule has 5 N–H and O–H groups in total. The van der Waals surface area contributed by atoms with E-state index in [1.807, 2.05) is 0 Å². The molecule has 0 saturated heterocycles. The van der Waals surface area contributed by atoms with Gasteiger partial charge in [0, 0.05) is 17.8 Å². The number of anilines is 1. The van der Waals surface area contributed by atoms with Crippen LogP contribution in [0.2, 0.25) is 0 Å². The molecule has 0 saturated carbocycles. The Kier molecular flexibility index (Phi) is 4.68. The number of hydrogen-bond acceptors (Lipinski definition) is 3. The molecule has 1 aromatic carbocycles. The number of nitrogens with one attached hydrogen (secondary N) is 2. The van der Waals surface area contributed by atoms with E-state index in [1.54, 1.807) is 24.3 Å². The summed E-state index contributed by atoms with van der Waals surface area (Å²) in [5.41, 5.74) is 6.54. The van der Waals surface area contributed by atoms with Crippen molar-refractivity contribution in [3.63, 3.8) is 0 Å². The number of aliphatic hydroxyl groups is 1. The van der Waals surface area contributed by atoms with Crippen LogP contribution < -0.4 is 16.4 Å². The van der Waals surface area contributed by atoms with Gasteiger partial charge in [-0.1, -0.05) is 0 Å². The van der Waals surface area contributed by atoms with Gasteiger partial charge >= 0.3 is 0 Å². The van der Waals surface area contributed by atoms with Crippen LogP contribution in [0.25, 0.3) is 0 Å². The zero-order chi connectivity index (χ0) is 12.0. The number of amides is 1. The van der Waals surface area contributed by atoms with Gasteiger partial charge in [0.2, 0.25) is 0 Å². The highest BCUT2D eigenvalue weighted by molar-refractivity contribution is 7.80. The van der Waals surface area contributed by atoms with Crippen molar-refractivity contribution in [2.75, 3.05) is 18.5 Å². The molecule has 6 heteroatoms. The second-order valence-corrected chi connectivity index (χ2v) is 3.49. The Balaban J connectivity index is 2.63. The number of carbonyl (C=O) groups excluding carboxylic acids is 1. The van der Waals surface area contributed by atoms with Gasteiger partial charge in [-0.05, 0) is 36.5 Å². The highest BCUT2D eigenvalue weighted by Gasteiger charge is 2.03. The molecule has 1 amide bonds. The maximum Gasteiger partial charge on any atom is 0.251 e. The third-order valence-electron chi connectivity index (χ3n) is 1.81. The van der Waals surface area contributed by atoms with E-state index in [1.165, 1.54) is 0 Å². The Morgan fingerprint density at radius 2 is 2.00 bits per heavy atom. The normalized spacial score (nSPS) is 9.56. The summed E-state index contributed by atoms with van der Waals surface area (Å²) in [4.78, 5) is 11.4. The average molecular weight is 239 g/mol. The van der Waals surface area contributed by atoms with E-state index in [9.17, 15) is 4.79 Å². The summed E-state index contributed by atoms with van der Waals surface area (Å²) < 4.78 is 0. The zero-order valence-electron chi connectivity index (χ0n) is 8.56. The van der Waals surface area contributed by atoms with Crippen molar-refractivity contribution in [3.05, 3.63) is 29.8 Å². The molecule has 0 aromatic heterocycles. The van der Waals surface area contributed by atoms with Crippen LogP contribution in [0.3, 0.4) is 0 Å². The van der Waals surface area contributed by atoms with E-state index in [0.717, 1.165) is 5.69 Å². The van der Waals surface area contributed by atoms with Crippen LogP contribution in [0, 0.1) is 0 Å². The fraction of sp³-hybridized carbons (Fsp3) is 0.200. The van der Waals surface area contributed by atoms with Gasteiger partial charge in [-0.25, -0.2) is 0 Å². The Hall–Kier alpha value is -1.66. The van der Waals surface area contributed by atoms with Gasteiger partial charge in [-0.15, -0.1) is 0 Å². The molecule has 0 spiro atoms. The topological polar surface area (TPSA) is 87.4 Å². The SMILES string of the molecule is NC(=S)Nc1ccc(C(=O)NCCO)cc1. The molecule has 0 aliphatic rings. The maximum absolute atomic E-state index is 11.4. The first kappa shape index (κ1) is 12.4. The van der Waals surface area contributed by atoms with E-state index in [-0.39, 0.29) is 24.2 Å². The molecular weight excluding hydrogens is 226 g/mol. The predicted octanol–water partition coefficient (Wildman–Crippen LogP) is 0.0642. The van der Waals surface area contributed by atoms with Crippen molar-refractivity contribution in [1.29, 1.82) is 0 Å². The number of hydrogen-bond donors (Lipinski definition) is 4. The molecule has 16 heavy (non-hydrogen) atoms. The monoisotopic (exact) mass is 239 g/mol. The first-order chi connectivity index (χ1) is 7.63. The predicted molar refractivity (Wildman–Crippen MR) is 66.3 cm³/mol. The molecule has 0 atom stereocenters. The van der Waals surface area contributed by atoms with Gasteiger partial charge < -0.3 is 21.5 Å². The number of rotatable bonds is 4. The average Bonchev–Trinajstić information content (AvgIpc) is 2.26. The lowest BCUT2D eigenvalue weighted by Crippen LogP contribution is -2.26. The third-order valence-corrected chi connectivity index (χ3v) is 1.91. The summed E-state index contributed by atoms with van der Waals surface area (Å²) >= 11 is 4.68. The molecule has 0 aliphatic heterocycles. The number of nitrogens with two attached hydrogens (primary N) is 1. The summed E-state index contributed by atoms with van der Waals surface area (Å²) in [5.74, 6) is -0.226. The van der Waals surface area contributed by atoms with E-state index in [0.29, 0.717) is 5.56 Å². The van der Waals surface area contributed by atoms with Gasteiger partial charge in [-0.2, -0.15) is 0 Å². The molecule has 0 radical (unpaired) electrons. The summed E-state index contributed by atoms with van der Waals surface area (Å²) in [7, 11) is 0. The zero-order valence-corrected chi connectivity index (χ0v) is 9.38. The lowest BCUT2D eigenvalue weighted by atomic mass is 10.2. The minimum absolute atomic E-state index is 0.0766. The summed E-state index contributed by atoms with van der Waals surface area (Å²) in [6.07, 6.45) is 0. The fourth-order valence-electron chi connectivity index (χ4n) is 1.12. The molecule has 1 rings (SSSR count). The summed E-state index contributed by atoms with van der Waals surface area (Å²) in [5, 5.41) is 14.0. The van der Waals surface area contributed by atoms with E-state index < -0.39 is 0 Å². The van der Waals surface area contributed by atoms with Crippen LogP contribution in [0.15, 0.2) is 24.3 Å². The van der Waals surface area contributed by atoms with Crippen LogP contribution >= 0.6 is 12.2 Å². The summed E-state index contributed by atoms with van der Waals surface area (Å²) in [6.45, 7) is 0.165. The minimum atomic E-state index is -0.226. The second kappa shape index (κ2) is 6.04. The van der Waals surface area contributed by atoms with Gasteiger partial charge in [-0.3, -0.25) is 4.79 Å². The molecule has 1 aromatic rings. The second-order valence-electron chi connectivity index (χ2n) is 3.05. The van der Waals surface area contributed by atoms with Crippen LogP contribution in [-0.4, -0.2) is 29.3 Å². The van der Waals surface area contributed by atoms with E-state index in [4.69, 9.17) is 10.8 Å². The van der Waals surface area contributed by atoms with Crippen LogP contribution in [0.4, 0.5) is 5.69 Å². The molecule has 0 bridgehead atoms. The molecular formula is C10H13N3O2S. The molecule has 0 heterocycles. The molecule has 86 valence electrons. The highest BCUT2D eigenvalue weighted by atomic mass is 32.1. The Morgan fingerprint density at radius 3 is 2.50 bits per heavy atom. The Labute approximate surface area is 98.6 Å². The van der Waals surface area contributed by atoms with Gasteiger partial charge in [0.1, 0.15) is 0 Å². The Bertz CT molecular complexity index is 378. The smallest absolute Gasteiger partial charge is 0.251 e. The van der Waals surface area contributed by atoms with Crippen LogP contribution in [0.1, 0.15) is 10.4 Å². The van der Waals surface area contributed by atoms with Gasteiger partial charge in [0.25, 0.3) is 5.91 Å². The maximum atomic E-state index is 11.4. The number of benzene rings is 1. The standard InChI is InChI=1S/C10H13N3O2S/c11-10(16)13-8-3-1-7(2-4-8)9(15)12-5-6-14/h1-4,14H,5-6H2,(H,12,15)(H3,11,13,16). The van der Waals surface area contributed by atoms with Gasteiger partial charge in [0.15, 0.2) is 5.11 Å². The first-order valence-electron chi connectivity index (χ1n) is 4.69. The van der Waals surface area contributed by atoms with E-state index >= 15 is 0 Å². The Morgan fingerprint density at radius 1 is 1.38 bits per heavy atom. The quantitative estimate of drug-likeness (QED) is 0.558. The van der Waals surface area contributed by atoms with Crippen LogP contribution in [-0.2, 0) is 0 Å². The van der Waals surface area contributed by atoms with Gasteiger partial charge in [0.05, 0.1) is 6.61 Å². The van der Waals surface area contributed by atoms with Crippen molar-refractivity contribution < 1.29 is 9.90 Å². The molecule has 5 nitrogen and oxygen atoms in total. The first-order valence-corrected chi connectivity index (χ1v) is 5.10. The highest BCUT2D eigenvalue weighted by Crippen LogP contribution is 2.08. The van der Waals surface area contributed by atoms with Crippen molar-refractivity contribution >= 4 is 28.9 Å². The number of aliphatic hydroxyl groups excluding tert-OH is 1. The van der Waals surface area contributed by atoms with Crippen molar-refractivity contribution in [2.24, 2.45) is 5.73 Å². The van der Waals surface area contributed by atoms with Crippen molar-refractivity contribution in [1.82, 2.24) is 5.32 Å². The number of carbonyl (C=O) groups is 1. The fourth-order valence-corrected chi connectivity index (χ4v) is 1.24. The van der Waals surface area contributed by atoms with E-state index in [2.05, 4.69) is 22.9 Å². The van der Waals surface area contributed by atoms with Crippen molar-refractivity contribution in [3.8, 4) is 0 Å². The lowest BCUT2D eigenvalue weighted by Gasteiger charge is -2.06. The largest absolute Gasteiger partial charge is 0.395 e. The number of thiocarbonyl (C=S) groups is 1. The summed E-state index contributed by atoms with van der Waals surface area (Å²) in [6, 6.07) is 6.70. The lowest BCUT2D eigenvalue weighted by molar-refractivity contribution is 0.0945. The van der Waals surface area contributed by atoms with Crippen molar-refractivity contribution in [2.45, 2.75) is 0 Å². The third kappa shape index (κ3) is 3.84.